The van der Waals surface area contributed by atoms with E-state index in [9.17, 15) is 14.9 Å². The van der Waals surface area contributed by atoms with Crippen molar-refractivity contribution >= 4 is 28.9 Å². The molecule has 0 spiro atoms. The van der Waals surface area contributed by atoms with Crippen molar-refractivity contribution in [1.29, 1.82) is 0 Å². The van der Waals surface area contributed by atoms with Crippen LogP contribution in [0.5, 0.6) is 0 Å². The fraction of sp³-hybridized carbons (Fsp3) is 0.462. The van der Waals surface area contributed by atoms with Crippen LogP contribution in [0.15, 0.2) is 12.1 Å². The van der Waals surface area contributed by atoms with Gasteiger partial charge in [0, 0.05) is 18.3 Å². The zero-order valence-electron chi connectivity index (χ0n) is 11.7. The molecule has 0 atom stereocenters. The lowest BCUT2D eigenvalue weighted by Gasteiger charge is -2.24. The summed E-state index contributed by atoms with van der Waals surface area (Å²) in [5, 5.41) is 10.9. The van der Waals surface area contributed by atoms with Crippen molar-refractivity contribution in [2.45, 2.75) is 20.8 Å². The molecule has 0 aliphatic carbocycles. The van der Waals surface area contributed by atoms with E-state index in [0.717, 1.165) is 0 Å². The minimum absolute atomic E-state index is 0.0536. The zero-order valence-corrected chi connectivity index (χ0v) is 12.4. The molecular weight excluding hydrogens is 284 g/mol. The molecule has 6 nitrogen and oxygen atoms in total. The Hall–Kier alpha value is -1.82. The molecule has 0 N–H and O–H groups in total. The van der Waals surface area contributed by atoms with Crippen molar-refractivity contribution in [3.8, 4) is 0 Å². The molecule has 110 valence electrons. The van der Waals surface area contributed by atoms with E-state index in [1.165, 1.54) is 12.1 Å². The van der Waals surface area contributed by atoms with E-state index in [4.69, 9.17) is 16.3 Å². The van der Waals surface area contributed by atoms with Crippen LogP contribution in [0, 0.1) is 17.0 Å². The molecule has 0 heterocycles. The first-order valence-electron chi connectivity index (χ1n) is 6.25. The number of likely N-dealkylation sites (N-methyl/N-ethyl adjacent to an activating group) is 1. The number of rotatable bonds is 6. The number of nitro groups is 1. The smallest absolute Gasteiger partial charge is 0.325 e. The number of anilines is 1. The Morgan fingerprint density at radius 3 is 2.60 bits per heavy atom. The quantitative estimate of drug-likeness (QED) is 0.459. The summed E-state index contributed by atoms with van der Waals surface area (Å²) in [6.07, 6.45) is 0. The van der Waals surface area contributed by atoms with E-state index in [-0.39, 0.29) is 23.2 Å². The van der Waals surface area contributed by atoms with Crippen LogP contribution in [0.2, 0.25) is 5.02 Å². The van der Waals surface area contributed by atoms with Gasteiger partial charge in [0.25, 0.3) is 5.69 Å². The molecule has 0 saturated heterocycles. The largest absolute Gasteiger partial charge is 0.465 e. The number of ether oxygens (including phenoxy) is 1. The van der Waals surface area contributed by atoms with Gasteiger partial charge in [-0.05, 0) is 32.4 Å². The van der Waals surface area contributed by atoms with Gasteiger partial charge in [-0.3, -0.25) is 14.9 Å². The highest BCUT2D eigenvalue weighted by atomic mass is 35.5. The van der Waals surface area contributed by atoms with E-state index in [0.29, 0.717) is 24.4 Å². The van der Waals surface area contributed by atoms with Crippen molar-refractivity contribution in [2.24, 2.45) is 0 Å². The SMILES string of the molecule is CCOC(=O)CN(CC)c1cc(Cl)c([N+](=O)[O-])cc1C. The lowest BCUT2D eigenvalue weighted by Crippen LogP contribution is -2.31. The van der Waals surface area contributed by atoms with E-state index in [1.807, 2.05) is 6.92 Å². The standard InChI is InChI=1S/C13H17ClN2O4/c1-4-15(8-13(17)20-5-2)11-7-10(14)12(16(18)19)6-9(11)3/h6-7H,4-5,8H2,1-3H3. The van der Waals surface area contributed by atoms with Crippen molar-refractivity contribution < 1.29 is 14.5 Å². The van der Waals surface area contributed by atoms with Gasteiger partial charge >= 0.3 is 5.97 Å². The predicted molar refractivity (Wildman–Crippen MR) is 77.4 cm³/mol. The highest BCUT2D eigenvalue weighted by molar-refractivity contribution is 6.33. The average Bonchev–Trinajstić information content (AvgIpc) is 2.38. The number of carbonyl (C=O) groups is 1. The summed E-state index contributed by atoms with van der Waals surface area (Å²) in [7, 11) is 0. The molecule has 0 aliphatic heterocycles. The van der Waals surface area contributed by atoms with Crippen LogP contribution in [0.3, 0.4) is 0 Å². The van der Waals surface area contributed by atoms with Gasteiger partial charge in [0.1, 0.15) is 11.6 Å². The second-order valence-corrected chi connectivity index (χ2v) is 4.57. The lowest BCUT2D eigenvalue weighted by atomic mass is 10.1. The van der Waals surface area contributed by atoms with Crippen LogP contribution >= 0.6 is 11.6 Å². The maximum atomic E-state index is 11.6. The van der Waals surface area contributed by atoms with Crippen molar-refractivity contribution in [3.63, 3.8) is 0 Å². The molecule has 1 rings (SSSR count). The Balaban J connectivity index is 3.07. The number of nitro benzene ring substituents is 1. The van der Waals surface area contributed by atoms with Gasteiger partial charge in [-0.2, -0.15) is 0 Å². The van der Waals surface area contributed by atoms with E-state index >= 15 is 0 Å². The molecule has 7 heteroatoms. The van der Waals surface area contributed by atoms with E-state index in [1.54, 1.807) is 18.7 Å². The number of esters is 1. The van der Waals surface area contributed by atoms with E-state index in [2.05, 4.69) is 0 Å². The number of carbonyl (C=O) groups excluding carboxylic acids is 1. The molecular formula is C13H17ClN2O4. The van der Waals surface area contributed by atoms with Gasteiger partial charge in [-0.25, -0.2) is 0 Å². The Morgan fingerprint density at radius 2 is 2.10 bits per heavy atom. The summed E-state index contributed by atoms with van der Waals surface area (Å²) in [5.41, 5.74) is 1.24. The number of hydrogen-bond donors (Lipinski definition) is 0. The third-order valence-electron chi connectivity index (χ3n) is 2.81. The van der Waals surface area contributed by atoms with Gasteiger partial charge in [0.2, 0.25) is 0 Å². The summed E-state index contributed by atoms with van der Waals surface area (Å²) in [5.74, 6) is -0.344. The summed E-state index contributed by atoms with van der Waals surface area (Å²) >= 11 is 5.91. The number of halogens is 1. The third kappa shape index (κ3) is 3.84. The number of benzene rings is 1. The van der Waals surface area contributed by atoms with Crippen LogP contribution in [0.25, 0.3) is 0 Å². The topological polar surface area (TPSA) is 72.7 Å². The first kappa shape index (κ1) is 16.2. The Morgan fingerprint density at radius 1 is 1.45 bits per heavy atom. The summed E-state index contributed by atoms with van der Waals surface area (Å²) < 4.78 is 4.91. The van der Waals surface area contributed by atoms with E-state index < -0.39 is 4.92 Å². The fourth-order valence-electron chi connectivity index (χ4n) is 1.87. The predicted octanol–water partition coefficient (Wildman–Crippen LogP) is 2.95. The maximum Gasteiger partial charge on any atom is 0.325 e. The molecule has 1 aromatic rings. The molecule has 0 fully saturated rings. The molecule has 0 aliphatic rings. The van der Waals surface area contributed by atoms with Crippen LogP contribution < -0.4 is 4.90 Å². The third-order valence-corrected chi connectivity index (χ3v) is 3.11. The molecule has 1 aromatic carbocycles. The molecule has 0 saturated carbocycles. The van der Waals surface area contributed by atoms with Crippen LogP contribution in [-0.2, 0) is 9.53 Å². The minimum Gasteiger partial charge on any atom is -0.465 e. The van der Waals surface area contributed by atoms with Crippen LogP contribution in [0.1, 0.15) is 19.4 Å². The zero-order chi connectivity index (χ0) is 15.3. The number of nitrogens with zero attached hydrogens (tertiary/aromatic N) is 2. The minimum atomic E-state index is -0.527. The first-order chi connectivity index (χ1) is 9.40. The number of hydrogen-bond acceptors (Lipinski definition) is 5. The Kier molecular flexibility index (Phi) is 5.76. The molecule has 0 bridgehead atoms. The summed E-state index contributed by atoms with van der Waals surface area (Å²) in [6.45, 7) is 6.33. The van der Waals surface area contributed by atoms with Gasteiger partial charge in [0.05, 0.1) is 11.5 Å². The highest BCUT2D eigenvalue weighted by Gasteiger charge is 2.19. The van der Waals surface area contributed by atoms with Crippen LogP contribution in [-0.4, -0.2) is 30.6 Å². The van der Waals surface area contributed by atoms with Gasteiger partial charge in [0.15, 0.2) is 0 Å². The highest BCUT2D eigenvalue weighted by Crippen LogP contribution is 2.32. The average molecular weight is 301 g/mol. The maximum absolute atomic E-state index is 11.6. The van der Waals surface area contributed by atoms with Crippen molar-refractivity contribution in [3.05, 3.63) is 32.8 Å². The number of aryl methyl sites for hydroxylation is 1. The molecule has 0 amide bonds. The normalized spacial score (nSPS) is 10.2. The van der Waals surface area contributed by atoms with Crippen molar-refractivity contribution in [2.75, 3.05) is 24.6 Å². The summed E-state index contributed by atoms with van der Waals surface area (Å²) in [4.78, 5) is 23.6. The van der Waals surface area contributed by atoms with Crippen LogP contribution in [0.4, 0.5) is 11.4 Å². The Bertz CT molecular complexity index is 519. The first-order valence-corrected chi connectivity index (χ1v) is 6.63. The summed E-state index contributed by atoms with van der Waals surface area (Å²) in [6, 6.07) is 2.92. The monoisotopic (exact) mass is 300 g/mol. The van der Waals surface area contributed by atoms with Gasteiger partial charge in [-0.1, -0.05) is 11.6 Å². The van der Waals surface area contributed by atoms with Gasteiger partial charge < -0.3 is 9.64 Å². The second-order valence-electron chi connectivity index (χ2n) is 4.17. The molecule has 0 unspecified atom stereocenters. The molecule has 0 radical (unpaired) electrons. The second kappa shape index (κ2) is 7.09. The van der Waals surface area contributed by atoms with Gasteiger partial charge in [-0.15, -0.1) is 0 Å². The Labute approximate surface area is 122 Å². The molecule has 20 heavy (non-hydrogen) atoms. The lowest BCUT2D eigenvalue weighted by molar-refractivity contribution is -0.384. The fourth-order valence-corrected chi connectivity index (χ4v) is 2.09. The van der Waals surface area contributed by atoms with Crippen molar-refractivity contribution in [1.82, 2.24) is 0 Å². The molecule has 0 aromatic heterocycles.